The van der Waals surface area contributed by atoms with Crippen LogP contribution >= 0.6 is 11.6 Å². The maximum atomic E-state index is 13.9. The molecule has 29 heavy (non-hydrogen) atoms. The largest absolute Gasteiger partial charge is 0.451 e. The van der Waals surface area contributed by atoms with Crippen LogP contribution in [0, 0.1) is 17.5 Å². The van der Waals surface area contributed by atoms with Crippen LogP contribution in [0.15, 0.2) is 24.3 Å². The Hall–Kier alpha value is -2.43. The average molecular weight is 451 g/mol. The van der Waals surface area contributed by atoms with E-state index in [0.717, 1.165) is 0 Å². The van der Waals surface area contributed by atoms with Crippen LogP contribution in [-0.4, -0.2) is 5.24 Å². The lowest BCUT2D eigenvalue weighted by atomic mass is 10.0. The molecule has 2 aromatic rings. The quantitative estimate of drug-likeness (QED) is 0.290. The third kappa shape index (κ3) is 5.34. The molecule has 2 aromatic carbocycles. The number of rotatable bonds is 5. The number of hydrogen-bond donors (Lipinski definition) is 0. The lowest BCUT2D eigenvalue weighted by Crippen LogP contribution is -2.12. The predicted octanol–water partition coefficient (Wildman–Crippen LogP) is 6.63. The van der Waals surface area contributed by atoms with Crippen LogP contribution in [0.4, 0.5) is 39.5 Å². The number of hydrogen-bond acceptors (Lipinski definition) is 2. The Labute approximate surface area is 161 Å². The van der Waals surface area contributed by atoms with Gasteiger partial charge in [0.1, 0.15) is 5.75 Å². The van der Waals surface area contributed by atoms with E-state index in [4.69, 9.17) is 11.6 Å². The van der Waals surface area contributed by atoms with E-state index in [1.165, 1.54) is 0 Å². The second-order valence-electron chi connectivity index (χ2n) is 5.63. The molecule has 2 nitrogen and oxygen atoms in total. The smallest absolute Gasteiger partial charge is 0.419 e. The Morgan fingerprint density at radius 2 is 1.48 bits per heavy atom. The average Bonchev–Trinajstić information content (AvgIpc) is 2.58. The molecule has 2 rings (SSSR count). The Morgan fingerprint density at radius 3 is 2.00 bits per heavy atom. The highest BCUT2D eigenvalue weighted by Gasteiger charge is 2.38. The molecule has 0 aliphatic heterocycles. The molecule has 0 bridgehead atoms. The number of carbonyl (C=O) groups is 1. The molecular formula is C17H8ClF9O2. The van der Waals surface area contributed by atoms with Crippen LogP contribution in [0.25, 0.3) is 0 Å². The van der Waals surface area contributed by atoms with Crippen LogP contribution < -0.4 is 4.74 Å². The SMILES string of the molecule is O=C(Cl)CCc1cc(Oc2c(F)cc(C(F)(F)F)c(F)c2F)ccc1C(F)(F)F. The molecule has 0 saturated carbocycles. The highest BCUT2D eigenvalue weighted by molar-refractivity contribution is 6.63. The van der Waals surface area contributed by atoms with Gasteiger partial charge in [0.25, 0.3) is 0 Å². The van der Waals surface area contributed by atoms with E-state index in [2.05, 4.69) is 4.74 Å². The number of benzene rings is 2. The zero-order valence-corrected chi connectivity index (χ0v) is 14.6. The molecule has 0 amide bonds. The van der Waals surface area contributed by atoms with E-state index < -0.39 is 76.1 Å². The van der Waals surface area contributed by atoms with Crippen molar-refractivity contribution in [3.05, 3.63) is 58.4 Å². The van der Waals surface area contributed by atoms with Gasteiger partial charge in [0.05, 0.1) is 11.1 Å². The summed E-state index contributed by atoms with van der Waals surface area (Å²) in [5.41, 5.74) is -3.94. The number of alkyl halides is 6. The molecule has 0 atom stereocenters. The minimum absolute atomic E-state index is 0.342. The molecular weight excluding hydrogens is 443 g/mol. The molecule has 0 spiro atoms. The van der Waals surface area contributed by atoms with Crippen molar-refractivity contribution in [3.63, 3.8) is 0 Å². The topological polar surface area (TPSA) is 26.3 Å². The van der Waals surface area contributed by atoms with E-state index in [1.54, 1.807) is 0 Å². The van der Waals surface area contributed by atoms with Gasteiger partial charge in [-0.05, 0) is 47.9 Å². The Kier molecular flexibility index (Phi) is 6.41. The maximum Gasteiger partial charge on any atom is 0.419 e. The first-order chi connectivity index (χ1) is 13.2. The van der Waals surface area contributed by atoms with Crippen molar-refractivity contribution >= 4 is 16.8 Å². The maximum absolute atomic E-state index is 13.9. The number of carbonyl (C=O) groups excluding carboxylic acids is 1. The summed E-state index contributed by atoms with van der Waals surface area (Å²) in [6.45, 7) is 0. The number of halogens is 10. The molecule has 0 aliphatic rings. The highest BCUT2D eigenvalue weighted by atomic mass is 35.5. The van der Waals surface area contributed by atoms with Crippen LogP contribution in [-0.2, 0) is 23.6 Å². The molecule has 0 aliphatic carbocycles. The van der Waals surface area contributed by atoms with Crippen LogP contribution in [0.3, 0.4) is 0 Å². The van der Waals surface area contributed by atoms with Gasteiger partial charge in [-0.1, -0.05) is 0 Å². The molecule has 0 unspecified atom stereocenters. The molecule has 0 N–H and O–H groups in total. The van der Waals surface area contributed by atoms with Crippen molar-refractivity contribution in [2.24, 2.45) is 0 Å². The normalized spacial score (nSPS) is 12.2. The van der Waals surface area contributed by atoms with E-state index in [-0.39, 0.29) is 6.07 Å². The Bertz CT molecular complexity index is 936. The Morgan fingerprint density at radius 1 is 0.897 bits per heavy atom. The summed E-state index contributed by atoms with van der Waals surface area (Å²) in [5.74, 6) is -8.88. The lowest BCUT2D eigenvalue weighted by molar-refractivity contribution is -0.140. The third-order valence-electron chi connectivity index (χ3n) is 3.61. The molecule has 0 saturated heterocycles. The molecule has 12 heteroatoms. The first-order valence-corrected chi connectivity index (χ1v) is 7.90. The molecule has 0 aromatic heterocycles. The molecule has 0 fully saturated rings. The summed E-state index contributed by atoms with van der Waals surface area (Å²) in [4.78, 5) is 10.8. The zero-order valence-electron chi connectivity index (χ0n) is 13.8. The summed E-state index contributed by atoms with van der Waals surface area (Å²) in [7, 11) is 0. The second kappa shape index (κ2) is 8.13. The van der Waals surface area contributed by atoms with Gasteiger partial charge < -0.3 is 4.74 Å². The summed E-state index contributed by atoms with van der Waals surface area (Å²) in [5, 5.41) is -0.952. The zero-order chi connectivity index (χ0) is 22.1. The summed E-state index contributed by atoms with van der Waals surface area (Å²) < 4.78 is 123. The van der Waals surface area contributed by atoms with Crippen molar-refractivity contribution in [2.75, 3.05) is 0 Å². The van der Waals surface area contributed by atoms with E-state index >= 15 is 0 Å². The fraction of sp³-hybridized carbons (Fsp3) is 0.235. The standard InChI is InChI=1S/C17H8ClF9O2/c18-12(28)4-1-7-5-8(2-3-9(7)16(22,23)24)29-15-11(19)6-10(17(25,26)27)13(20)14(15)21/h2-3,5-6H,1,4H2. The first kappa shape index (κ1) is 22.9. The summed E-state index contributed by atoms with van der Waals surface area (Å²) in [6, 6.07) is 1.42. The lowest BCUT2D eigenvalue weighted by Gasteiger charge is -2.16. The van der Waals surface area contributed by atoms with Crippen molar-refractivity contribution < 1.29 is 49.0 Å². The van der Waals surface area contributed by atoms with Gasteiger partial charge >= 0.3 is 12.4 Å². The van der Waals surface area contributed by atoms with Gasteiger partial charge in [0.2, 0.25) is 16.8 Å². The fourth-order valence-corrected chi connectivity index (χ4v) is 2.44. The van der Waals surface area contributed by atoms with Crippen LogP contribution in [0.1, 0.15) is 23.1 Å². The van der Waals surface area contributed by atoms with Crippen molar-refractivity contribution in [1.82, 2.24) is 0 Å². The van der Waals surface area contributed by atoms with Crippen LogP contribution in [0.2, 0.25) is 0 Å². The summed E-state index contributed by atoms with van der Waals surface area (Å²) >= 11 is 5.09. The van der Waals surface area contributed by atoms with E-state index in [9.17, 15) is 44.3 Å². The molecule has 0 radical (unpaired) electrons. The molecule has 0 heterocycles. The number of aryl methyl sites for hydroxylation is 1. The van der Waals surface area contributed by atoms with Crippen molar-refractivity contribution in [3.8, 4) is 11.5 Å². The summed E-state index contributed by atoms with van der Waals surface area (Å²) in [6.07, 6.45) is -11.3. The highest BCUT2D eigenvalue weighted by Crippen LogP contribution is 2.39. The van der Waals surface area contributed by atoms with Gasteiger partial charge in [-0.25, -0.2) is 8.78 Å². The minimum Gasteiger partial charge on any atom is -0.451 e. The minimum atomic E-state index is -5.39. The Balaban J connectivity index is 2.48. The van der Waals surface area contributed by atoms with Gasteiger partial charge in [-0.3, -0.25) is 4.79 Å². The van der Waals surface area contributed by atoms with E-state index in [0.29, 0.717) is 18.2 Å². The monoisotopic (exact) mass is 450 g/mol. The third-order valence-corrected chi connectivity index (χ3v) is 3.80. The first-order valence-electron chi connectivity index (χ1n) is 7.52. The molecule has 158 valence electrons. The van der Waals surface area contributed by atoms with Crippen LogP contribution in [0.5, 0.6) is 11.5 Å². The number of ether oxygens (including phenoxy) is 1. The van der Waals surface area contributed by atoms with E-state index in [1.807, 2.05) is 0 Å². The van der Waals surface area contributed by atoms with Gasteiger partial charge in [0.15, 0.2) is 11.6 Å². The fourth-order valence-electron chi connectivity index (χ4n) is 2.35. The van der Waals surface area contributed by atoms with Gasteiger partial charge in [-0.2, -0.15) is 30.7 Å². The van der Waals surface area contributed by atoms with Gasteiger partial charge in [-0.15, -0.1) is 0 Å². The second-order valence-corrected chi connectivity index (χ2v) is 6.06. The van der Waals surface area contributed by atoms with Gasteiger partial charge in [0, 0.05) is 6.42 Å². The predicted molar refractivity (Wildman–Crippen MR) is 82.0 cm³/mol. The van der Waals surface area contributed by atoms with Crippen molar-refractivity contribution in [2.45, 2.75) is 25.2 Å². The van der Waals surface area contributed by atoms with Crippen molar-refractivity contribution in [1.29, 1.82) is 0 Å².